The zero-order valence-corrected chi connectivity index (χ0v) is 20.4. The molecule has 0 radical (unpaired) electrons. The van der Waals surface area contributed by atoms with Gasteiger partial charge in [0.05, 0.1) is 0 Å². The van der Waals surface area contributed by atoms with Gasteiger partial charge in [-0.05, 0) is 68.3 Å². The first-order valence-corrected chi connectivity index (χ1v) is 13.5. The second-order valence-electron chi connectivity index (χ2n) is 10.9. The van der Waals surface area contributed by atoms with Crippen LogP contribution >= 0.6 is 0 Å². The van der Waals surface area contributed by atoms with Gasteiger partial charge < -0.3 is 0 Å². The molecule has 2 bridgehead atoms. The van der Waals surface area contributed by atoms with Crippen molar-refractivity contribution in [2.45, 2.75) is 61.9 Å². The molecular weight excluding hydrogens is 412 g/mol. The van der Waals surface area contributed by atoms with Crippen LogP contribution in [0.5, 0.6) is 0 Å². The van der Waals surface area contributed by atoms with E-state index in [-0.39, 0.29) is 0 Å². The van der Waals surface area contributed by atoms with Crippen LogP contribution in [0.15, 0.2) is 91.0 Å². The van der Waals surface area contributed by atoms with Gasteiger partial charge in [0.25, 0.3) is 0 Å². The summed E-state index contributed by atoms with van der Waals surface area (Å²) in [5, 5.41) is 0. The average molecular weight is 451 g/mol. The zero-order chi connectivity index (χ0) is 22.8. The number of hydrogen-bond donors (Lipinski definition) is 0. The number of rotatable bonds is 6. The highest BCUT2D eigenvalue weighted by molar-refractivity contribution is 5.32. The van der Waals surface area contributed by atoms with Crippen molar-refractivity contribution in [2.24, 2.45) is 0 Å². The molecule has 0 N–H and O–H groups in total. The van der Waals surface area contributed by atoms with E-state index in [1.54, 1.807) is 11.1 Å². The normalized spacial score (nSPS) is 29.8. The Hall–Kier alpha value is -2.42. The third-order valence-corrected chi connectivity index (χ3v) is 9.07. The van der Waals surface area contributed by atoms with Crippen molar-refractivity contribution < 1.29 is 0 Å². The molecule has 2 heteroatoms. The molecule has 4 fully saturated rings. The molecule has 3 aliphatic heterocycles. The average Bonchev–Trinajstić information content (AvgIpc) is 3.36. The molecule has 3 aromatic carbocycles. The third kappa shape index (κ3) is 4.23. The molecule has 3 heterocycles. The van der Waals surface area contributed by atoms with Crippen molar-refractivity contribution in [1.82, 2.24) is 9.80 Å². The Morgan fingerprint density at radius 1 is 0.647 bits per heavy atom. The molecule has 2 nitrogen and oxygen atoms in total. The summed E-state index contributed by atoms with van der Waals surface area (Å²) in [4.78, 5) is 5.81. The lowest BCUT2D eigenvalue weighted by Gasteiger charge is -2.52. The zero-order valence-electron chi connectivity index (χ0n) is 20.4. The van der Waals surface area contributed by atoms with E-state index in [4.69, 9.17) is 0 Å². The van der Waals surface area contributed by atoms with Gasteiger partial charge in [0.1, 0.15) is 0 Å². The van der Waals surface area contributed by atoms with Crippen molar-refractivity contribution in [3.05, 3.63) is 108 Å². The van der Waals surface area contributed by atoms with Crippen LogP contribution in [0.4, 0.5) is 0 Å². The Labute approximate surface area is 205 Å². The van der Waals surface area contributed by atoms with Gasteiger partial charge in [-0.3, -0.25) is 9.80 Å². The van der Waals surface area contributed by atoms with Gasteiger partial charge >= 0.3 is 0 Å². The van der Waals surface area contributed by atoms with E-state index in [9.17, 15) is 0 Å². The van der Waals surface area contributed by atoms with E-state index in [0.717, 1.165) is 13.0 Å². The van der Waals surface area contributed by atoms with E-state index < -0.39 is 0 Å². The van der Waals surface area contributed by atoms with E-state index in [1.807, 2.05) is 0 Å². The molecule has 3 saturated heterocycles. The molecule has 0 aromatic heterocycles. The molecule has 176 valence electrons. The number of benzene rings is 3. The summed E-state index contributed by atoms with van der Waals surface area (Å²) in [5.74, 6) is 1.16. The molecule has 4 aliphatic rings. The van der Waals surface area contributed by atoms with Crippen molar-refractivity contribution in [3.8, 4) is 0 Å². The smallest absolute Gasteiger partial charge is 0.0234 e. The van der Waals surface area contributed by atoms with E-state index in [2.05, 4.69) is 101 Å². The molecule has 1 aliphatic carbocycles. The van der Waals surface area contributed by atoms with Gasteiger partial charge in [-0.2, -0.15) is 0 Å². The maximum absolute atomic E-state index is 2.91. The Balaban J connectivity index is 1.42. The van der Waals surface area contributed by atoms with Crippen molar-refractivity contribution in [1.29, 1.82) is 0 Å². The van der Waals surface area contributed by atoms with E-state index in [0.29, 0.717) is 23.4 Å². The monoisotopic (exact) mass is 450 g/mol. The molecule has 0 unspecified atom stereocenters. The van der Waals surface area contributed by atoms with Crippen LogP contribution in [0, 0.1) is 0 Å². The number of likely N-dealkylation sites (tertiary alicyclic amines) is 1. The predicted octanol–water partition coefficient (Wildman–Crippen LogP) is 6.50. The quantitative estimate of drug-likeness (QED) is 0.423. The standard InChI is InChI=1S/C32H38N2/c1-4-12-26(13-5-1)18-22-33-23-19-32(34-20-10-11-21-34)24-29(27-14-6-2-7-15-27)31(33)30(25-32)28-16-8-3-9-17-28/h1-9,12-17,29-31H,10-11,18-25H2/t29-,30-,31?,32?/m0/s1. The van der Waals surface area contributed by atoms with Crippen LogP contribution in [0.3, 0.4) is 0 Å². The third-order valence-electron chi connectivity index (χ3n) is 9.07. The lowest BCUT2D eigenvalue weighted by atomic mass is 9.63. The van der Waals surface area contributed by atoms with E-state index in [1.165, 1.54) is 57.3 Å². The van der Waals surface area contributed by atoms with Crippen LogP contribution in [0.1, 0.15) is 60.6 Å². The number of hydrogen-bond acceptors (Lipinski definition) is 2. The lowest BCUT2D eigenvalue weighted by molar-refractivity contribution is 0.0469. The van der Waals surface area contributed by atoms with Gasteiger partial charge in [0.2, 0.25) is 0 Å². The Morgan fingerprint density at radius 2 is 1.18 bits per heavy atom. The summed E-state index contributed by atoms with van der Waals surface area (Å²) < 4.78 is 0. The van der Waals surface area contributed by atoms with Gasteiger partial charge in [-0.25, -0.2) is 0 Å². The number of fused-ring (bicyclic) bond motifs is 4. The van der Waals surface area contributed by atoms with Crippen molar-refractivity contribution in [3.63, 3.8) is 0 Å². The second kappa shape index (κ2) is 9.68. The van der Waals surface area contributed by atoms with Gasteiger partial charge in [0, 0.05) is 36.5 Å². The molecule has 34 heavy (non-hydrogen) atoms. The van der Waals surface area contributed by atoms with Crippen molar-refractivity contribution >= 4 is 0 Å². The van der Waals surface area contributed by atoms with Crippen LogP contribution in [-0.2, 0) is 6.42 Å². The Morgan fingerprint density at radius 3 is 1.74 bits per heavy atom. The fourth-order valence-corrected chi connectivity index (χ4v) is 7.45. The molecule has 0 amide bonds. The SMILES string of the molecule is c1ccc(CCN2CCC3(N4CCCC4)C[C@@H](c4ccccc4)C2[C@H](c2ccccc2)C3)cc1. The first-order valence-electron chi connectivity index (χ1n) is 13.5. The highest BCUT2D eigenvalue weighted by atomic mass is 15.3. The first kappa shape index (κ1) is 22.1. The molecule has 0 spiro atoms. The minimum Gasteiger partial charge on any atom is -0.299 e. The van der Waals surface area contributed by atoms with Gasteiger partial charge in [-0.15, -0.1) is 0 Å². The minimum absolute atomic E-state index is 0.329. The molecule has 1 saturated carbocycles. The fourth-order valence-electron chi connectivity index (χ4n) is 7.45. The molecule has 2 atom stereocenters. The molecule has 3 aromatic rings. The Kier molecular flexibility index (Phi) is 6.28. The summed E-state index contributed by atoms with van der Waals surface area (Å²) in [6, 6.07) is 34.6. The van der Waals surface area contributed by atoms with E-state index >= 15 is 0 Å². The van der Waals surface area contributed by atoms with Crippen LogP contribution in [0.25, 0.3) is 0 Å². The largest absolute Gasteiger partial charge is 0.299 e. The van der Waals surface area contributed by atoms with Gasteiger partial charge in [-0.1, -0.05) is 91.0 Å². The summed E-state index contributed by atoms with van der Waals surface area (Å²) in [5.41, 5.74) is 4.88. The topological polar surface area (TPSA) is 6.48 Å². The van der Waals surface area contributed by atoms with Crippen LogP contribution in [0.2, 0.25) is 0 Å². The maximum atomic E-state index is 2.91. The lowest BCUT2D eigenvalue weighted by Crippen LogP contribution is -2.54. The summed E-state index contributed by atoms with van der Waals surface area (Å²) in [7, 11) is 0. The molecule has 7 rings (SSSR count). The Bertz CT molecular complexity index is 993. The van der Waals surface area contributed by atoms with Gasteiger partial charge in [0.15, 0.2) is 0 Å². The molecular formula is C32H38N2. The summed E-state index contributed by atoms with van der Waals surface area (Å²) >= 11 is 0. The fraction of sp³-hybridized carbons (Fsp3) is 0.438. The summed E-state index contributed by atoms with van der Waals surface area (Å²) in [6.07, 6.45) is 7.81. The minimum atomic E-state index is 0.329. The second-order valence-corrected chi connectivity index (χ2v) is 10.9. The van der Waals surface area contributed by atoms with Crippen LogP contribution in [-0.4, -0.2) is 47.6 Å². The first-order chi connectivity index (χ1) is 16.8. The maximum Gasteiger partial charge on any atom is 0.0234 e. The van der Waals surface area contributed by atoms with Crippen LogP contribution < -0.4 is 0 Å². The summed E-state index contributed by atoms with van der Waals surface area (Å²) in [6.45, 7) is 4.95. The van der Waals surface area contributed by atoms with Crippen molar-refractivity contribution in [2.75, 3.05) is 26.2 Å². The highest BCUT2D eigenvalue weighted by Crippen LogP contribution is 2.54. The number of nitrogens with zero attached hydrogens (tertiary/aromatic N) is 2. The predicted molar refractivity (Wildman–Crippen MR) is 141 cm³/mol. The highest BCUT2D eigenvalue weighted by Gasteiger charge is 2.54.